The molecule has 0 saturated heterocycles. The molecule has 0 heterocycles. The molecule has 0 aromatic heterocycles. The van der Waals surface area contributed by atoms with Crippen molar-refractivity contribution in [1.29, 1.82) is 5.26 Å². The molecule has 0 spiro atoms. The van der Waals surface area contributed by atoms with E-state index < -0.39 is 11.5 Å². The second-order valence-corrected chi connectivity index (χ2v) is 8.95. The summed E-state index contributed by atoms with van der Waals surface area (Å²) in [7, 11) is 5.19. The maximum atomic E-state index is 10.4. The molecular formula is C27H38N2O4. The summed E-state index contributed by atoms with van der Waals surface area (Å²) < 4.78 is 16.5. The van der Waals surface area contributed by atoms with Crippen LogP contribution in [0.4, 0.5) is 0 Å². The van der Waals surface area contributed by atoms with Crippen molar-refractivity contribution in [2.75, 3.05) is 41.0 Å². The van der Waals surface area contributed by atoms with Gasteiger partial charge >= 0.3 is 0 Å². The Morgan fingerprint density at radius 1 is 1.09 bits per heavy atom. The highest BCUT2D eigenvalue weighted by molar-refractivity contribution is 5.47. The third-order valence-corrected chi connectivity index (χ3v) is 6.15. The predicted molar refractivity (Wildman–Crippen MR) is 131 cm³/mol. The van der Waals surface area contributed by atoms with Gasteiger partial charge in [-0.25, -0.2) is 0 Å². The average Bonchev–Trinajstić information content (AvgIpc) is 2.80. The minimum atomic E-state index is -0.632. The number of ether oxygens (including phenoxy) is 3. The molecular weight excluding hydrogens is 416 g/mol. The number of aliphatic hydroxyl groups excluding tert-OH is 1. The topological polar surface area (TPSA) is 75.0 Å². The number of benzene rings is 2. The summed E-state index contributed by atoms with van der Waals surface area (Å²) in [4.78, 5) is 2.08. The zero-order valence-electron chi connectivity index (χ0n) is 20.8. The first kappa shape index (κ1) is 26.5. The first-order valence-corrected chi connectivity index (χ1v) is 11.5. The molecule has 2 aromatic carbocycles. The molecule has 180 valence electrons. The van der Waals surface area contributed by atoms with Gasteiger partial charge < -0.3 is 24.2 Å². The summed E-state index contributed by atoms with van der Waals surface area (Å²) in [5, 5.41) is 20.6. The lowest BCUT2D eigenvalue weighted by Crippen LogP contribution is -2.35. The molecule has 2 rings (SSSR count). The van der Waals surface area contributed by atoms with Gasteiger partial charge in [0.15, 0.2) is 11.5 Å². The summed E-state index contributed by atoms with van der Waals surface area (Å²) in [6.07, 6.45) is 0.936. The van der Waals surface area contributed by atoms with Crippen LogP contribution < -0.4 is 14.2 Å². The van der Waals surface area contributed by atoms with Crippen molar-refractivity contribution in [3.63, 3.8) is 0 Å². The lowest BCUT2D eigenvalue weighted by molar-refractivity contribution is 0.0753. The van der Waals surface area contributed by atoms with Crippen LogP contribution in [-0.4, -0.2) is 57.1 Å². The van der Waals surface area contributed by atoms with Gasteiger partial charge in [-0.15, -0.1) is 0 Å². The largest absolute Gasteiger partial charge is 0.493 e. The highest BCUT2D eigenvalue weighted by Gasteiger charge is 2.36. The Hall–Kier alpha value is -2.75. The fourth-order valence-electron chi connectivity index (χ4n) is 4.16. The lowest BCUT2D eigenvalue weighted by atomic mass is 9.69. The van der Waals surface area contributed by atoms with Crippen molar-refractivity contribution >= 4 is 0 Å². The van der Waals surface area contributed by atoms with Crippen LogP contribution >= 0.6 is 0 Å². The van der Waals surface area contributed by atoms with E-state index in [0.29, 0.717) is 24.5 Å². The van der Waals surface area contributed by atoms with Gasteiger partial charge in [-0.2, -0.15) is 5.26 Å². The molecule has 2 aromatic rings. The van der Waals surface area contributed by atoms with Crippen molar-refractivity contribution in [2.45, 2.75) is 45.1 Å². The van der Waals surface area contributed by atoms with E-state index in [4.69, 9.17) is 14.2 Å². The molecule has 0 radical (unpaired) electrons. The van der Waals surface area contributed by atoms with Crippen molar-refractivity contribution in [3.8, 4) is 23.3 Å². The van der Waals surface area contributed by atoms with Gasteiger partial charge in [-0.3, -0.25) is 0 Å². The zero-order valence-corrected chi connectivity index (χ0v) is 20.8. The third-order valence-electron chi connectivity index (χ3n) is 6.15. The highest BCUT2D eigenvalue weighted by atomic mass is 16.5. The van der Waals surface area contributed by atoms with Crippen LogP contribution in [0.1, 0.15) is 37.8 Å². The number of rotatable bonds is 13. The van der Waals surface area contributed by atoms with Crippen LogP contribution in [0.25, 0.3) is 0 Å². The summed E-state index contributed by atoms with van der Waals surface area (Å²) in [5.41, 5.74) is 1.43. The number of nitrogens with zero attached hydrogens (tertiary/aromatic N) is 2. The van der Waals surface area contributed by atoms with Crippen LogP contribution in [0.5, 0.6) is 17.2 Å². The van der Waals surface area contributed by atoms with Crippen LogP contribution in [-0.2, 0) is 5.41 Å². The molecule has 2 atom stereocenters. The minimum Gasteiger partial charge on any atom is -0.493 e. The van der Waals surface area contributed by atoms with Gasteiger partial charge in [0.25, 0.3) is 0 Å². The van der Waals surface area contributed by atoms with E-state index in [0.717, 1.165) is 29.8 Å². The Labute approximate surface area is 198 Å². The van der Waals surface area contributed by atoms with E-state index in [-0.39, 0.29) is 12.5 Å². The van der Waals surface area contributed by atoms with Gasteiger partial charge in [0.1, 0.15) is 18.5 Å². The number of aryl methyl sites for hydroxylation is 1. The lowest BCUT2D eigenvalue weighted by Gasteiger charge is -2.32. The molecule has 0 bridgehead atoms. The van der Waals surface area contributed by atoms with Crippen LogP contribution in [0.15, 0.2) is 42.5 Å². The molecule has 0 aliphatic heterocycles. The van der Waals surface area contributed by atoms with Gasteiger partial charge in [0, 0.05) is 6.54 Å². The fraction of sp³-hybridized carbons (Fsp3) is 0.519. The summed E-state index contributed by atoms with van der Waals surface area (Å²) in [6, 6.07) is 16.1. The molecule has 0 aliphatic rings. The number of likely N-dealkylation sites (N-methyl/N-ethyl adjacent to an activating group) is 1. The van der Waals surface area contributed by atoms with E-state index in [1.54, 1.807) is 14.2 Å². The molecule has 0 aliphatic carbocycles. The Balaban J connectivity index is 1.95. The summed E-state index contributed by atoms with van der Waals surface area (Å²) in [5.74, 6) is 2.17. The van der Waals surface area contributed by atoms with E-state index in [1.807, 2.05) is 56.4 Å². The Morgan fingerprint density at radius 2 is 1.82 bits per heavy atom. The van der Waals surface area contributed by atoms with Gasteiger partial charge in [0.2, 0.25) is 0 Å². The number of hydrogen-bond acceptors (Lipinski definition) is 6. The Morgan fingerprint density at radius 3 is 2.42 bits per heavy atom. The second kappa shape index (κ2) is 12.5. The van der Waals surface area contributed by atoms with Gasteiger partial charge in [0.05, 0.1) is 25.7 Å². The quantitative estimate of drug-likeness (QED) is 0.477. The number of hydrogen-bond donors (Lipinski definition) is 1. The standard InChI is InChI=1S/C27H38N2O4/c1-20(2)27(19-28,22-11-12-25(31-5)26(16-22)32-6)13-8-14-29(4)17-23(30)18-33-24-10-7-9-21(3)15-24/h7,9-12,15-16,20,23,30H,8,13-14,17-18H2,1-6H3. The first-order chi connectivity index (χ1) is 15.7. The molecule has 0 saturated carbocycles. The highest BCUT2D eigenvalue weighted by Crippen LogP contribution is 2.40. The normalized spacial score (nSPS) is 13.9. The first-order valence-electron chi connectivity index (χ1n) is 11.5. The summed E-state index contributed by atoms with van der Waals surface area (Å²) in [6.45, 7) is 7.69. The SMILES string of the molecule is COc1ccc(C(C#N)(CCCN(C)CC(O)COc2cccc(C)c2)C(C)C)cc1OC. The Bertz CT molecular complexity index is 925. The van der Waals surface area contributed by atoms with Crippen LogP contribution in [0.3, 0.4) is 0 Å². The van der Waals surface area contributed by atoms with Crippen molar-refractivity contribution in [3.05, 3.63) is 53.6 Å². The zero-order chi connectivity index (χ0) is 24.4. The molecule has 1 N–H and O–H groups in total. The monoisotopic (exact) mass is 454 g/mol. The van der Waals surface area contributed by atoms with Crippen molar-refractivity contribution in [1.82, 2.24) is 4.90 Å². The molecule has 33 heavy (non-hydrogen) atoms. The van der Waals surface area contributed by atoms with Gasteiger partial charge in [-0.1, -0.05) is 32.0 Å². The summed E-state index contributed by atoms with van der Waals surface area (Å²) >= 11 is 0. The Kier molecular flexibility index (Phi) is 10.0. The molecule has 0 fully saturated rings. The van der Waals surface area contributed by atoms with E-state index >= 15 is 0 Å². The number of nitriles is 1. The smallest absolute Gasteiger partial charge is 0.161 e. The third kappa shape index (κ3) is 7.12. The van der Waals surface area contributed by atoms with Crippen LogP contribution in [0, 0.1) is 24.2 Å². The van der Waals surface area contributed by atoms with Gasteiger partial charge in [-0.05, 0) is 74.7 Å². The maximum Gasteiger partial charge on any atom is 0.161 e. The van der Waals surface area contributed by atoms with E-state index in [1.165, 1.54) is 0 Å². The molecule has 6 heteroatoms. The fourth-order valence-corrected chi connectivity index (χ4v) is 4.16. The maximum absolute atomic E-state index is 10.4. The molecule has 6 nitrogen and oxygen atoms in total. The number of aliphatic hydroxyl groups is 1. The molecule has 2 unspecified atom stereocenters. The van der Waals surface area contributed by atoms with Crippen LogP contribution in [0.2, 0.25) is 0 Å². The van der Waals surface area contributed by atoms with Crippen molar-refractivity contribution < 1.29 is 19.3 Å². The predicted octanol–water partition coefficient (Wildman–Crippen LogP) is 4.58. The molecule has 0 amide bonds. The van der Waals surface area contributed by atoms with Crippen molar-refractivity contribution in [2.24, 2.45) is 5.92 Å². The average molecular weight is 455 g/mol. The minimum absolute atomic E-state index is 0.124. The number of methoxy groups -OCH3 is 2. The van der Waals surface area contributed by atoms with E-state index in [9.17, 15) is 10.4 Å². The second-order valence-electron chi connectivity index (χ2n) is 8.95. The van der Waals surface area contributed by atoms with E-state index in [2.05, 4.69) is 24.8 Å².